The molecule has 102 valence electrons. The number of benzene rings is 1. The number of nitrogens with zero attached hydrogens (tertiary/aromatic N) is 1. The summed E-state index contributed by atoms with van der Waals surface area (Å²) in [6, 6.07) is 10.6. The highest BCUT2D eigenvalue weighted by Gasteiger charge is 2.48. The zero-order valence-corrected chi connectivity index (χ0v) is 11.6. The van der Waals surface area contributed by atoms with Crippen molar-refractivity contribution >= 4 is 5.91 Å². The fraction of sp³-hybridized carbons (Fsp3) is 0.562. The van der Waals surface area contributed by atoms with Gasteiger partial charge >= 0.3 is 0 Å². The molecule has 3 rings (SSSR count). The first-order valence-corrected chi connectivity index (χ1v) is 7.30. The molecule has 1 spiro atoms. The molecule has 0 bridgehead atoms. The number of carbonyl (C=O) groups is 1. The molecular formula is C16H22N2O. The molecular weight excluding hydrogens is 236 g/mol. The van der Waals surface area contributed by atoms with E-state index < -0.39 is 0 Å². The Morgan fingerprint density at radius 3 is 2.53 bits per heavy atom. The first-order valence-electron chi connectivity index (χ1n) is 7.30. The van der Waals surface area contributed by atoms with Crippen molar-refractivity contribution in [2.24, 2.45) is 5.41 Å². The first kappa shape index (κ1) is 12.7. The summed E-state index contributed by atoms with van der Waals surface area (Å²) in [6.45, 7) is 5.03. The topological polar surface area (TPSA) is 32.3 Å². The molecule has 0 radical (unpaired) electrons. The van der Waals surface area contributed by atoms with Gasteiger partial charge in [-0.25, -0.2) is 0 Å². The van der Waals surface area contributed by atoms with Crippen LogP contribution in [-0.4, -0.2) is 30.4 Å². The standard InChI is InChI=1S/C16H22N2O/c1-13(14-5-3-2-4-6-14)18-12-9-16(15(18)19)7-10-17-11-8-16/h2-6,13,17H,7-12H2,1H3. The summed E-state index contributed by atoms with van der Waals surface area (Å²) in [4.78, 5) is 14.9. The van der Waals surface area contributed by atoms with E-state index in [9.17, 15) is 4.79 Å². The lowest BCUT2D eigenvalue weighted by molar-refractivity contribution is -0.139. The van der Waals surface area contributed by atoms with E-state index in [2.05, 4.69) is 29.3 Å². The number of hydrogen-bond acceptors (Lipinski definition) is 2. The van der Waals surface area contributed by atoms with Crippen molar-refractivity contribution in [3.63, 3.8) is 0 Å². The van der Waals surface area contributed by atoms with Gasteiger partial charge in [0.05, 0.1) is 11.5 Å². The van der Waals surface area contributed by atoms with Crippen LogP contribution in [0, 0.1) is 5.41 Å². The van der Waals surface area contributed by atoms with E-state index in [0.717, 1.165) is 38.9 Å². The molecule has 3 nitrogen and oxygen atoms in total. The Bertz CT molecular complexity index is 451. The summed E-state index contributed by atoms with van der Waals surface area (Å²) in [5.74, 6) is 0.380. The lowest BCUT2D eigenvalue weighted by Gasteiger charge is -2.33. The zero-order chi connectivity index (χ0) is 13.3. The minimum absolute atomic E-state index is 0.0612. The molecule has 1 atom stereocenters. The van der Waals surface area contributed by atoms with Gasteiger partial charge in [0.2, 0.25) is 5.91 Å². The predicted molar refractivity (Wildman–Crippen MR) is 75.7 cm³/mol. The van der Waals surface area contributed by atoms with Crippen LogP contribution in [0.25, 0.3) is 0 Å². The van der Waals surface area contributed by atoms with E-state index in [1.165, 1.54) is 5.56 Å². The molecule has 0 aromatic heterocycles. The number of likely N-dealkylation sites (tertiary alicyclic amines) is 1. The third-order valence-electron chi connectivity index (χ3n) is 4.86. The molecule has 19 heavy (non-hydrogen) atoms. The normalized spacial score (nSPS) is 23.8. The van der Waals surface area contributed by atoms with Gasteiger partial charge < -0.3 is 10.2 Å². The third-order valence-corrected chi connectivity index (χ3v) is 4.86. The highest BCUT2D eigenvalue weighted by Crippen LogP contribution is 2.42. The van der Waals surface area contributed by atoms with E-state index in [0.29, 0.717) is 5.91 Å². The average Bonchev–Trinajstić information content (AvgIpc) is 2.77. The third kappa shape index (κ3) is 2.16. The number of rotatable bonds is 2. The lowest BCUT2D eigenvalue weighted by atomic mass is 9.77. The number of nitrogens with one attached hydrogen (secondary N) is 1. The van der Waals surface area contributed by atoms with Crippen LogP contribution in [0.5, 0.6) is 0 Å². The molecule has 2 aliphatic heterocycles. The summed E-state index contributed by atoms with van der Waals surface area (Å²) < 4.78 is 0. The monoisotopic (exact) mass is 258 g/mol. The van der Waals surface area contributed by atoms with Crippen LogP contribution >= 0.6 is 0 Å². The summed E-state index contributed by atoms with van der Waals surface area (Å²) in [5, 5.41) is 3.36. The summed E-state index contributed by atoms with van der Waals surface area (Å²) in [5.41, 5.74) is 1.18. The van der Waals surface area contributed by atoms with Crippen LogP contribution in [0.2, 0.25) is 0 Å². The first-order chi connectivity index (χ1) is 9.23. The molecule has 2 heterocycles. The largest absolute Gasteiger partial charge is 0.335 e. The van der Waals surface area contributed by atoms with Crippen LogP contribution in [0.3, 0.4) is 0 Å². The Morgan fingerprint density at radius 2 is 1.84 bits per heavy atom. The molecule has 2 aliphatic rings. The molecule has 1 aromatic rings. The van der Waals surface area contributed by atoms with Crippen LogP contribution in [0.15, 0.2) is 30.3 Å². The van der Waals surface area contributed by atoms with E-state index in [1.54, 1.807) is 0 Å². The predicted octanol–water partition coefficient (Wildman–Crippen LogP) is 2.35. The molecule has 2 fully saturated rings. The Balaban J connectivity index is 1.78. The van der Waals surface area contributed by atoms with Crippen LogP contribution in [-0.2, 0) is 4.79 Å². The molecule has 3 heteroatoms. The minimum atomic E-state index is -0.0612. The van der Waals surface area contributed by atoms with E-state index in [4.69, 9.17) is 0 Å². The molecule has 1 unspecified atom stereocenters. The van der Waals surface area contributed by atoms with E-state index in [1.807, 2.05) is 18.2 Å². The van der Waals surface area contributed by atoms with Crippen molar-refractivity contribution in [1.29, 1.82) is 0 Å². The highest BCUT2D eigenvalue weighted by atomic mass is 16.2. The van der Waals surface area contributed by atoms with Gasteiger partial charge in [-0.05, 0) is 44.8 Å². The quantitative estimate of drug-likeness (QED) is 0.883. The van der Waals surface area contributed by atoms with Crippen molar-refractivity contribution in [3.8, 4) is 0 Å². The molecule has 1 aromatic carbocycles. The van der Waals surface area contributed by atoms with Gasteiger partial charge in [0.1, 0.15) is 0 Å². The van der Waals surface area contributed by atoms with Gasteiger partial charge in [0, 0.05) is 6.54 Å². The number of hydrogen-bond donors (Lipinski definition) is 1. The van der Waals surface area contributed by atoms with Crippen LogP contribution in [0.1, 0.15) is 37.8 Å². The lowest BCUT2D eigenvalue weighted by Crippen LogP contribution is -2.43. The second kappa shape index (κ2) is 4.97. The van der Waals surface area contributed by atoms with E-state index >= 15 is 0 Å². The molecule has 0 aliphatic carbocycles. The van der Waals surface area contributed by atoms with Crippen molar-refractivity contribution in [3.05, 3.63) is 35.9 Å². The fourth-order valence-electron chi connectivity index (χ4n) is 3.50. The SMILES string of the molecule is CC(c1ccccc1)N1CCC2(CCNCC2)C1=O. The van der Waals surface area contributed by atoms with Gasteiger partial charge in [-0.1, -0.05) is 30.3 Å². The Hall–Kier alpha value is -1.35. The second-order valence-corrected chi connectivity index (χ2v) is 5.87. The van der Waals surface area contributed by atoms with Gasteiger partial charge in [-0.15, -0.1) is 0 Å². The molecule has 2 saturated heterocycles. The Morgan fingerprint density at radius 1 is 1.16 bits per heavy atom. The van der Waals surface area contributed by atoms with Crippen LogP contribution in [0.4, 0.5) is 0 Å². The highest BCUT2D eigenvalue weighted by molar-refractivity contribution is 5.85. The second-order valence-electron chi connectivity index (χ2n) is 5.87. The average molecular weight is 258 g/mol. The van der Waals surface area contributed by atoms with Crippen molar-refractivity contribution in [2.75, 3.05) is 19.6 Å². The smallest absolute Gasteiger partial charge is 0.229 e. The fourth-order valence-corrected chi connectivity index (χ4v) is 3.50. The number of amides is 1. The zero-order valence-electron chi connectivity index (χ0n) is 11.6. The Labute approximate surface area is 115 Å². The van der Waals surface area contributed by atoms with Gasteiger partial charge in [-0.2, -0.15) is 0 Å². The summed E-state index contributed by atoms with van der Waals surface area (Å²) in [6.07, 6.45) is 3.04. The van der Waals surface area contributed by atoms with Crippen molar-refractivity contribution < 1.29 is 4.79 Å². The minimum Gasteiger partial charge on any atom is -0.335 e. The van der Waals surface area contributed by atoms with Crippen molar-refractivity contribution in [2.45, 2.75) is 32.2 Å². The maximum atomic E-state index is 12.8. The molecule has 1 amide bonds. The van der Waals surface area contributed by atoms with Gasteiger partial charge in [-0.3, -0.25) is 4.79 Å². The maximum Gasteiger partial charge on any atom is 0.229 e. The van der Waals surface area contributed by atoms with Gasteiger partial charge in [0.15, 0.2) is 0 Å². The summed E-state index contributed by atoms with van der Waals surface area (Å²) >= 11 is 0. The van der Waals surface area contributed by atoms with Crippen LogP contribution < -0.4 is 5.32 Å². The van der Waals surface area contributed by atoms with E-state index in [-0.39, 0.29) is 11.5 Å². The van der Waals surface area contributed by atoms with Crippen molar-refractivity contribution in [1.82, 2.24) is 10.2 Å². The number of piperidine rings is 1. The number of carbonyl (C=O) groups excluding carboxylic acids is 1. The van der Waals surface area contributed by atoms with Gasteiger partial charge in [0.25, 0.3) is 0 Å². The molecule has 0 saturated carbocycles. The summed E-state index contributed by atoms with van der Waals surface area (Å²) in [7, 11) is 0. The maximum absolute atomic E-state index is 12.8. The Kier molecular flexibility index (Phi) is 3.31. The molecule has 1 N–H and O–H groups in total.